The van der Waals surface area contributed by atoms with Gasteiger partial charge in [0.25, 0.3) is 0 Å². The molecule has 2 heterocycles. The van der Waals surface area contributed by atoms with Crippen molar-refractivity contribution in [2.45, 2.75) is 19.3 Å². The summed E-state index contributed by atoms with van der Waals surface area (Å²) in [6.07, 6.45) is 5.01. The van der Waals surface area contributed by atoms with Crippen molar-refractivity contribution in [3.8, 4) is 0 Å². The van der Waals surface area contributed by atoms with E-state index in [1.165, 1.54) is 42.1 Å². The molecule has 2 aliphatic heterocycles. The predicted molar refractivity (Wildman–Crippen MR) is 113 cm³/mol. The Morgan fingerprint density at radius 1 is 0.828 bits per heavy atom. The average Bonchev–Trinajstić information content (AvgIpc) is 3.23. The van der Waals surface area contributed by atoms with E-state index in [1.807, 2.05) is 11.8 Å². The van der Waals surface area contributed by atoms with E-state index in [2.05, 4.69) is 94.8 Å². The van der Waals surface area contributed by atoms with Gasteiger partial charge in [0.05, 0.1) is 0 Å². The van der Waals surface area contributed by atoms with Gasteiger partial charge in [0, 0.05) is 0 Å². The van der Waals surface area contributed by atoms with Gasteiger partial charge in [0.15, 0.2) is 0 Å². The van der Waals surface area contributed by atoms with Gasteiger partial charge in [-0.3, -0.25) is 0 Å². The van der Waals surface area contributed by atoms with Crippen LogP contribution in [0.1, 0.15) is 37.4 Å². The van der Waals surface area contributed by atoms with Crippen LogP contribution in [0.25, 0.3) is 10.6 Å². The first-order valence-electron chi connectivity index (χ1n) is 9.13. The van der Waals surface area contributed by atoms with Gasteiger partial charge in [0.2, 0.25) is 0 Å². The molecule has 29 heavy (non-hydrogen) atoms. The van der Waals surface area contributed by atoms with E-state index in [9.17, 15) is 0 Å². The third kappa shape index (κ3) is 3.58. The molecule has 0 spiro atoms. The largest absolute Gasteiger partial charge is 1.00 e. The molecule has 0 radical (unpaired) electrons. The van der Waals surface area contributed by atoms with Crippen molar-refractivity contribution < 1.29 is 48.0 Å². The third-order valence-electron chi connectivity index (χ3n) is 5.65. The second-order valence-electron chi connectivity index (χ2n) is 7.19. The van der Waals surface area contributed by atoms with Gasteiger partial charge in [-0.25, -0.2) is 0 Å². The molecule has 142 valence electrons. The monoisotopic (exact) mass is 574 g/mol. The zero-order valence-electron chi connectivity index (χ0n) is 15.2. The Labute approximate surface area is 207 Å². The molecule has 0 saturated heterocycles. The summed E-state index contributed by atoms with van der Waals surface area (Å²) in [5.41, 5.74) is 7.35. The zero-order valence-corrected chi connectivity index (χ0v) is 21.6. The van der Waals surface area contributed by atoms with Crippen molar-refractivity contribution in [2.24, 2.45) is 0 Å². The molecule has 3 aromatic carbocycles. The van der Waals surface area contributed by atoms with E-state index >= 15 is 0 Å². The van der Waals surface area contributed by atoms with Crippen molar-refractivity contribution in [3.63, 3.8) is 0 Å². The van der Waals surface area contributed by atoms with Crippen molar-refractivity contribution in [1.82, 2.24) is 0 Å². The number of rotatable bonds is 2. The van der Waals surface area contributed by atoms with Crippen LogP contribution < -0.4 is 24.8 Å². The summed E-state index contributed by atoms with van der Waals surface area (Å²) < 4.78 is 3.59. The van der Waals surface area contributed by atoms with E-state index in [0.717, 1.165) is 0 Å². The summed E-state index contributed by atoms with van der Waals surface area (Å²) >= 11 is 4.87. The Hall–Kier alpha value is -0.567. The van der Waals surface area contributed by atoms with Crippen LogP contribution in [0, 0.1) is 0 Å². The summed E-state index contributed by atoms with van der Waals surface area (Å²) in [5, 5.41) is 0. The molecule has 3 aromatic rings. The normalized spacial score (nSPS) is 19.5. The Kier molecular flexibility index (Phi) is 6.36. The first-order valence-corrected chi connectivity index (χ1v) is 13.4. The first-order chi connectivity index (χ1) is 13.3. The number of benzene rings is 3. The Morgan fingerprint density at radius 2 is 1.59 bits per heavy atom. The molecule has 4 aliphatic rings. The topological polar surface area (TPSA) is 0 Å². The fraction of sp³-hybridized carbons (Fsp3) is 0.0833. The summed E-state index contributed by atoms with van der Waals surface area (Å²) in [6, 6.07) is 25.0. The van der Waals surface area contributed by atoms with E-state index in [0.29, 0.717) is 9.54 Å². The second-order valence-corrected chi connectivity index (χ2v) is 12.8. The van der Waals surface area contributed by atoms with E-state index in [1.54, 1.807) is 3.28 Å². The molecule has 0 amide bonds. The molecular formula is C24H15BrCl2SZr. The summed E-state index contributed by atoms with van der Waals surface area (Å²) in [4.78, 5) is 2.74. The molecule has 0 saturated carbocycles. The maximum Gasteiger partial charge on any atom is -1.00 e. The van der Waals surface area contributed by atoms with Crippen LogP contribution in [0.15, 0.2) is 85.9 Å². The molecule has 0 fully saturated rings. The number of allylic oxidation sites excluding steroid dienone is 2. The summed E-state index contributed by atoms with van der Waals surface area (Å²) in [6.45, 7) is 0. The van der Waals surface area contributed by atoms with Gasteiger partial charge in [-0.1, -0.05) is 0 Å². The maximum absolute atomic E-state index is 3.80. The first kappa shape index (κ1) is 21.7. The van der Waals surface area contributed by atoms with Gasteiger partial charge in [-0.15, -0.1) is 0 Å². The van der Waals surface area contributed by atoms with Gasteiger partial charge in [0.1, 0.15) is 0 Å². The van der Waals surface area contributed by atoms with Gasteiger partial charge in [-0.2, -0.15) is 0 Å². The van der Waals surface area contributed by atoms with Crippen molar-refractivity contribution in [3.05, 3.63) is 104 Å². The smallest absolute Gasteiger partial charge is 1.00 e. The summed E-state index contributed by atoms with van der Waals surface area (Å²) in [5.74, 6) is 0.458. The molecule has 2 unspecified atom stereocenters. The van der Waals surface area contributed by atoms with Crippen LogP contribution in [0.3, 0.4) is 0 Å². The van der Waals surface area contributed by atoms with Crippen LogP contribution in [0.4, 0.5) is 0 Å². The molecule has 7 rings (SSSR count). The van der Waals surface area contributed by atoms with Crippen molar-refractivity contribution in [2.75, 3.05) is 0 Å². The fourth-order valence-electron chi connectivity index (χ4n) is 4.41. The average molecular weight is 577 g/mol. The second kappa shape index (κ2) is 8.52. The molecule has 0 aromatic heterocycles. The van der Waals surface area contributed by atoms with Crippen molar-refractivity contribution in [1.29, 1.82) is 0 Å². The fourth-order valence-corrected chi connectivity index (χ4v) is 10.9. The number of fused-ring (bicyclic) bond motifs is 3. The Bertz CT molecular complexity index is 1150. The minimum atomic E-state index is -0.828. The molecule has 0 nitrogen and oxygen atoms in total. The van der Waals surface area contributed by atoms with Crippen LogP contribution in [-0.4, -0.2) is 0 Å². The molecule has 6 bridgehead atoms. The van der Waals surface area contributed by atoms with E-state index in [4.69, 9.17) is 0 Å². The zero-order chi connectivity index (χ0) is 18.0. The third-order valence-corrected chi connectivity index (χ3v) is 11.2. The number of hydrogen-bond donors (Lipinski definition) is 0. The molecule has 0 N–H and O–H groups in total. The predicted octanol–water partition coefficient (Wildman–Crippen LogP) is 1.22. The van der Waals surface area contributed by atoms with Gasteiger partial charge in [-0.05, 0) is 0 Å². The molecule has 5 heteroatoms. The molecule has 2 atom stereocenters. The van der Waals surface area contributed by atoms with Crippen LogP contribution in [0.2, 0.25) is 0 Å². The van der Waals surface area contributed by atoms with Gasteiger partial charge < -0.3 is 24.8 Å². The Morgan fingerprint density at radius 3 is 2.41 bits per heavy atom. The number of halogens is 3. The standard InChI is InChI=1S/C15H9S.C9H6Br.2ClH.Zr/c1-2-13-12-8-9-14(13)15(3-1)16-11-6-4-10(12)5-7-11;10-9-6-5-7-3-1-2-4-8(7)9;;;/h1-7,9,12H;1-6H;2*1H;/q;;;;+2/p-2. The minimum absolute atomic E-state index is 0. The van der Waals surface area contributed by atoms with Crippen LogP contribution in [0.5, 0.6) is 0 Å². The van der Waals surface area contributed by atoms with Crippen molar-refractivity contribution >= 4 is 38.3 Å². The minimum Gasteiger partial charge on any atom is -1.00 e. The molecule has 2 aliphatic carbocycles. The summed E-state index contributed by atoms with van der Waals surface area (Å²) in [7, 11) is 0. The van der Waals surface area contributed by atoms with E-state index in [-0.39, 0.29) is 24.8 Å². The SMILES string of the molecule is BrC1=C[CH]([Zr+2][C]2=Cc3c4cccc3C2c2ccc(cc2)S4)c2ccccc21.[Cl-].[Cl-]. The van der Waals surface area contributed by atoms with Crippen LogP contribution >= 0.6 is 27.7 Å². The quantitative estimate of drug-likeness (QED) is 0.442. The van der Waals surface area contributed by atoms with E-state index < -0.39 is 23.2 Å². The van der Waals surface area contributed by atoms with Crippen LogP contribution in [-0.2, 0) is 23.2 Å². The number of hydrogen-bond acceptors (Lipinski definition) is 1. The van der Waals surface area contributed by atoms with Gasteiger partial charge >= 0.3 is 185 Å². The molecular weight excluding hydrogens is 562 g/mol. The maximum atomic E-state index is 3.80. The Balaban J connectivity index is 0.00000102.